The molecular weight excluding hydrogens is 265 g/mol. The Labute approximate surface area is 126 Å². The summed E-state index contributed by atoms with van der Waals surface area (Å²) in [5.41, 5.74) is 5.85. The van der Waals surface area contributed by atoms with E-state index in [9.17, 15) is 4.39 Å². The topological polar surface area (TPSA) is 21.3 Å². The largest absolute Gasteiger partial charge is 0.494 e. The molecule has 0 spiro atoms. The smallest absolute Gasteiger partial charge is 0.144 e. The molecule has 0 heterocycles. The third kappa shape index (κ3) is 3.35. The van der Waals surface area contributed by atoms with Gasteiger partial charge in [-0.2, -0.15) is 0 Å². The Morgan fingerprint density at radius 1 is 1.00 bits per heavy atom. The van der Waals surface area contributed by atoms with Crippen LogP contribution in [0.4, 0.5) is 10.1 Å². The Bertz CT molecular complexity index is 652. The fourth-order valence-corrected chi connectivity index (χ4v) is 2.54. The first kappa shape index (κ1) is 15.4. The number of benzene rings is 2. The van der Waals surface area contributed by atoms with Crippen molar-refractivity contribution in [3.63, 3.8) is 0 Å². The molecule has 0 aliphatic heterocycles. The van der Waals surface area contributed by atoms with E-state index in [0.29, 0.717) is 5.75 Å². The number of ether oxygens (including phenoxy) is 1. The van der Waals surface area contributed by atoms with Crippen molar-refractivity contribution < 1.29 is 9.13 Å². The van der Waals surface area contributed by atoms with Crippen LogP contribution in [0.2, 0.25) is 0 Å². The van der Waals surface area contributed by atoms with Crippen LogP contribution in [-0.2, 0) is 0 Å². The van der Waals surface area contributed by atoms with E-state index in [-0.39, 0.29) is 11.9 Å². The van der Waals surface area contributed by atoms with Crippen molar-refractivity contribution in [3.05, 3.63) is 58.4 Å². The van der Waals surface area contributed by atoms with Crippen LogP contribution >= 0.6 is 0 Å². The van der Waals surface area contributed by atoms with E-state index in [0.717, 1.165) is 5.69 Å². The van der Waals surface area contributed by atoms with Gasteiger partial charge in [-0.05, 0) is 62.1 Å². The van der Waals surface area contributed by atoms with Gasteiger partial charge in [0.2, 0.25) is 0 Å². The second-order valence-electron chi connectivity index (χ2n) is 5.50. The van der Waals surface area contributed by atoms with Gasteiger partial charge in [0, 0.05) is 12.1 Å². The highest BCUT2D eigenvalue weighted by Gasteiger charge is 2.12. The second kappa shape index (κ2) is 6.17. The van der Waals surface area contributed by atoms with Gasteiger partial charge in [0.15, 0.2) is 0 Å². The number of hydrogen-bond donors (Lipinski definition) is 1. The lowest BCUT2D eigenvalue weighted by molar-refractivity contribution is 0.412. The Morgan fingerprint density at radius 3 is 2.33 bits per heavy atom. The quantitative estimate of drug-likeness (QED) is 0.860. The summed E-state index contributed by atoms with van der Waals surface area (Å²) in [7, 11) is 1.55. The first-order valence-corrected chi connectivity index (χ1v) is 7.10. The fourth-order valence-electron chi connectivity index (χ4n) is 2.54. The molecule has 0 radical (unpaired) electrons. The monoisotopic (exact) mass is 287 g/mol. The molecular formula is C18H22FNO. The van der Waals surface area contributed by atoms with Crippen molar-refractivity contribution in [3.8, 4) is 5.75 Å². The predicted octanol–water partition coefficient (Wildman–Crippen LogP) is 4.93. The van der Waals surface area contributed by atoms with Gasteiger partial charge < -0.3 is 10.1 Å². The van der Waals surface area contributed by atoms with E-state index in [1.165, 1.54) is 34.4 Å². The number of aryl methyl sites for hydroxylation is 3. The third-order valence-corrected chi connectivity index (χ3v) is 3.88. The first-order valence-electron chi connectivity index (χ1n) is 7.10. The van der Waals surface area contributed by atoms with Crippen LogP contribution in [-0.4, -0.2) is 7.11 Å². The molecule has 0 aliphatic carbocycles. The maximum Gasteiger partial charge on any atom is 0.144 e. The van der Waals surface area contributed by atoms with Crippen LogP contribution in [0.1, 0.15) is 35.2 Å². The zero-order chi connectivity index (χ0) is 15.6. The molecule has 0 fully saturated rings. The highest BCUT2D eigenvalue weighted by atomic mass is 19.1. The van der Waals surface area contributed by atoms with Gasteiger partial charge in [-0.1, -0.05) is 12.1 Å². The minimum absolute atomic E-state index is 0.115. The maximum atomic E-state index is 13.2. The van der Waals surface area contributed by atoms with Crippen molar-refractivity contribution in [2.24, 2.45) is 0 Å². The van der Waals surface area contributed by atoms with Crippen molar-refractivity contribution in [2.45, 2.75) is 33.7 Å². The van der Waals surface area contributed by atoms with Gasteiger partial charge in [-0.25, -0.2) is 4.39 Å². The summed E-state index contributed by atoms with van der Waals surface area (Å²) in [4.78, 5) is 0. The van der Waals surface area contributed by atoms with Gasteiger partial charge >= 0.3 is 0 Å². The zero-order valence-electron chi connectivity index (χ0n) is 13.3. The van der Waals surface area contributed by atoms with Gasteiger partial charge in [0.25, 0.3) is 0 Å². The minimum atomic E-state index is -0.299. The minimum Gasteiger partial charge on any atom is -0.494 e. The second-order valence-corrected chi connectivity index (χ2v) is 5.50. The summed E-state index contributed by atoms with van der Waals surface area (Å²) in [6, 6.07) is 9.06. The number of rotatable bonds is 4. The predicted molar refractivity (Wildman–Crippen MR) is 85.6 cm³/mol. The number of hydrogen-bond acceptors (Lipinski definition) is 2. The fraction of sp³-hybridized carbons (Fsp3) is 0.333. The molecule has 1 unspecified atom stereocenters. The number of methoxy groups -OCH3 is 1. The molecule has 1 N–H and O–H groups in total. The van der Waals surface area contributed by atoms with Crippen LogP contribution in [0, 0.1) is 26.6 Å². The molecule has 2 aromatic carbocycles. The van der Waals surface area contributed by atoms with Crippen LogP contribution in [0.5, 0.6) is 5.75 Å². The molecule has 112 valence electrons. The summed E-state index contributed by atoms with van der Waals surface area (Å²) in [5, 5.41) is 3.40. The van der Waals surface area contributed by atoms with Crippen molar-refractivity contribution in [1.29, 1.82) is 0 Å². The number of halogens is 1. The van der Waals surface area contributed by atoms with Crippen molar-refractivity contribution >= 4 is 5.69 Å². The van der Waals surface area contributed by atoms with Gasteiger partial charge in [-0.15, -0.1) is 0 Å². The summed E-state index contributed by atoms with van der Waals surface area (Å²) >= 11 is 0. The maximum absolute atomic E-state index is 13.2. The number of nitrogens with one attached hydrogen (secondary N) is 1. The summed E-state index contributed by atoms with van der Waals surface area (Å²) < 4.78 is 18.5. The standard InChI is InChI=1S/C18H22FNO/c1-11-8-13(3)16(9-12(11)2)14(4)20-17-7-6-15(19)10-18(17)21-5/h6-10,14,20H,1-5H3. The molecule has 0 saturated heterocycles. The van der Waals surface area contributed by atoms with Crippen LogP contribution in [0.25, 0.3) is 0 Å². The highest BCUT2D eigenvalue weighted by Crippen LogP contribution is 2.30. The molecule has 1 atom stereocenters. The van der Waals surface area contributed by atoms with Crippen LogP contribution in [0.3, 0.4) is 0 Å². The average molecular weight is 287 g/mol. The lowest BCUT2D eigenvalue weighted by Gasteiger charge is -2.21. The van der Waals surface area contributed by atoms with E-state index in [1.54, 1.807) is 13.2 Å². The van der Waals surface area contributed by atoms with Gasteiger partial charge in [0.1, 0.15) is 11.6 Å². The molecule has 2 rings (SSSR count). The normalized spacial score (nSPS) is 12.1. The van der Waals surface area contributed by atoms with Crippen LogP contribution < -0.4 is 10.1 Å². The molecule has 2 aromatic rings. The number of anilines is 1. The van der Waals surface area contributed by atoms with E-state index in [1.807, 2.05) is 0 Å². The summed E-state index contributed by atoms with van der Waals surface area (Å²) in [5.74, 6) is 0.218. The third-order valence-electron chi connectivity index (χ3n) is 3.88. The van der Waals surface area contributed by atoms with E-state index in [2.05, 4.69) is 45.1 Å². The molecule has 3 heteroatoms. The molecule has 0 saturated carbocycles. The van der Waals surface area contributed by atoms with E-state index >= 15 is 0 Å². The SMILES string of the molecule is COc1cc(F)ccc1NC(C)c1cc(C)c(C)cc1C. The van der Waals surface area contributed by atoms with Gasteiger partial charge in [-0.3, -0.25) is 0 Å². The average Bonchev–Trinajstić information content (AvgIpc) is 2.44. The van der Waals surface area contributed by atoms with Crippen molar-refractivity contribution in [1.82, 2.24) is 0 Å². The lowest BCUT2D eigenvalue weighted by atomic mass is 9.96. The molecule has 0 aromatic heterocycles. The van der Waals surface area contributed by atoms with Crippen LogP contribution in [0.15, 0.2) is 30.3 Å². The molecule has 0 aliphatic rings. The van der Waals surface area contributed by atoms with Gasteiger partial charge in [0.05, 0.1) is 12.8 Å². The zero-order valence-corrected chi connectivity index (χ0v) is 13.3. The molecule has 2 nitrogen and oxygen atoms in total. The molecule has 0 bridgehead atoms. The first-order chi connectivity index (χ1) is 9.92. The van der Waals surface area contributed by atoms with Crippen molar-refractivity contribution in [2.75, 3.05) is 12.4 Å². The summed E-state index contributed by atoms with van der Waals surface area (Å²) in [6.07, 6.45) is 0. The Hall–Kier alpha value is -2.03. The highest BCUT2D eigenvalue weighted by molar-refractivity contribution is 5.58. The van der Waals surface area contributed by atoms with E-state index in [4.69, 9.17) is 4.74 Å². The lowest BCUT2D eigenvalue weighted by Crippen LogP contribution is -2.10. The molecule has 21 heavy (non-hydrogen) atoms. The molecule has 0 amide bonds. The Balaban J connectivity index is 2.30. The Morgan fingerprint density at radius 2 is 1.67 bits per heavy atom. The van der Waals surface area contributed by atoms with E-state index < -0.39 is 0 Å². The summed E-state index contributed by atoms with van der Waals surface area (Å²) in [6.45, 7) is 8.44. The Kier molecular flexibility index (Phi) is 4.51.